The highest BCUT2D eigenvalue weighted by atomic mass is 19.4. The molecule has 0 bridgehead atoms. The summed E-state index contributed by atoms with van der Waals surface area (Å²) in [6.45, 7) is 0. The number of anilines is 1. The van der Waals surface area contributed by atoms with Crippen LogP contribution in [0, 0.1) is 5.82 Å². The lowest BCUT2D eigenvalue weighted by molar-refractivity contribution is -0.143. The molecule has 0 saturated heterocycles. The Morgan fingerprint density at radius 1 is 1.03 bits per heavy atom. The molecular weight excluding hydrogens is 414 g/mol. The largest absolute Gasteiger partial charge is 0.434 e. The molecule has 0 aliphatic carbocycles. The first kappa shape index (κ1) is 20.3. The summed E-state index contributed by atoms with van der Waals surface area (Å²) < 4.78 is 56.7. The van der Waals surface area contributed by atoms with Gasteiger partial charge in [-0.1, -0.05) is 36.4 Å². The number of alkyl halides is 3. The van der Waals surface area contributed by atoms with Crippen LogP contribution in [-0.4, -0.2) is 25.5 Å². The third-order valence-electron chi connectivity index (χ3n) is 4.53. The molecule has 0 saturated carbocycles. The summed E-state index contributed by atoms with van der Waals surface area (Å²) in [6, 6.07) is 15.2. The van der Waals surface area contributed by atoms with Crippen LogP contribution >= 0.6 is 0 Å². The van der Waals surface area contributed by atoms with E-state index in [1.165, 1.54) is 16.8 Å². The summed E-state index contributed by atoms with van der Waals surface area (Å²) in [5.41, 5.74) is -0.822. The van der Waals surface area contributed by atoms with E-state index in [2.05, 4.69) is 15.5 Å². The zero-order valence-corrected chi connectivity index (χ0v) is 16.1. The van der Waals surface area contributed by atoms with E-state index < -0.39 is 29.2 Å². The number of nitrogens with zero attached hydrogens (tertiary/aromatic N) is 4. The first-order valence-electron chi connectivity index (χ1n) is 9.06. The minimum absolute atomic E-state index is 0.154. The highest BCUT2D eigenvalue weighted by Crippen LogP contribution is 2.34. The fraction of sp³-hybridized carbons (Fsp3) is 0.0952. The second kappa shape index (κ2) is 7.71. The van der Waals surface area contributed by atoms with Gasteiger partial charge in [0, 0.05) is 18.7 Å². The van der Waals surface area contributed by atoms with Crippen LogP contribution in [0.15, 0.2) is 66.9 Å². The molecule has 4 aromatic rings. The van der Waals surface area contributed by atoms with Crippen LogP contribution in [0.4, 0.5) is 23.4 Å². The highest BCUT2D eigenvalue weighted by Gasteiger charge is 2.40. The van der Waals surface area contributed by atoms with Crippen molar-refractivity contribution in [2.75, 3.05) is 5.32 Å². The minimum atomic E-state index is -4.91. The van der Waals surface area contributed by atoms with Crippen molar-refractivity contribution in [2.24, 2.45) is 7.05 Å². The molecule has 31 heavy (non-hydrogen) atoms. The zero-order chi connectivity index (χ0) is 22.2. The monoisotopic (exact) mass is 429 g/mol. The number of halogens is 4. The lowest BCUT2D eigenvalue weighted by atomic mass is 10.1. The standard InChI is InChI=1S/C21H15F4N5O/c1-29-18(11-17(28-29)13-6-3-2-4-7-13)27-20(31)16-12-26-30(19(16)21(23,24)25)15-9-5-8-14(22)10-15/h2-12H,1H3,(H,27,31). The Balaban J connectivity index is 1.69. The predicted molar refractivity (Wildman–Crippen MR) is 105 cm³/mol. The van der Waals surface area contributed by atoms with Crippen LogP contribution in [0.25, 0.3) is 16.9 Å². The first-order valence-corrected chi connectivity index (χ1v) is 9.06. The van der Waals surface area contributed by atoms with Gasteiger partial charge in [0.25, 0.3) is 5.91 Å². The van der Waals surface area contributed by atoms with E-state index in [-0.39, 0.29) is 11.5 Å². The van der Waals surface area contributed by atoms with E-state index in [1.807, 2.05) is 30.3 Å². The molecule has 0 unspecified atom stereocenters. The van der Waals surface area contributed by atoms with Crippen LogP contribution in [0.2, 0.25) is 0 Å². The molecule has 6 nitrogen and oxygen atoms in total. The van der Waals surface area contributed by atoms with Crippen LogP contribution in [0.1, 0.15) is 16.1 Å². The average Bonchev–Trinajstić information content (AvgIpc) is 3.33. The molecule has 0 atom stereocenters. The second-order valence-electron chi connectivity index (χ2n) is 6.65. The number of hydrogen-bond donors (Lipinski definition) is 1. The summed E-state index contributed by atoms with van der Waals surface area (Å²) in [4.78, 5) is 12.7. The molecule has 1 N–H and O–H groups in total. The molecule has 4 rings (SSSR count). The van der Waals surface area contributed by atoms with E-state index in [0.717, 1.165) is 23.9 Å². The van der Waals surface area contributed by atoms with Gasteiger partial charge < -0.3 is 5.32 Å². The summed E-state index contributed by atoms with van der Waals surface area (Å²) in [6.07, 6.45) is -4.10. The molecular formula is C21H15F4N5O. The number of aromatic nitrogens is 4. The number of hydrogen-bond acceptors (Lipinski definition) is 3. The van der Waals surface area contributed by atoms with Crippen LogP contribution in [0.3, 0.4) is 0 Å². The number of aryl methyl sites for hydroxylation is 1. The molecule has 1 amide bonds. The zero-order valence-electron chi connectivity index (χ0n) is 16.1. The molecule has 0 spiro atoms. The van der Waals surface area contributed by atoms with Gasteiger partial charge in [-0.25, -0.2) is 9.07 Å². The third-order valence-corrected chi connectivity index (χ3v) is 4.53. The summed E-state index contributed by atoms with van der Waals surface area (Å²) in [7, 11) is 1.56. The molecule has 0 aliphatic rings. The maximum absolute atomic E-state index is 13.8. The number of carbonyl (C=O) groups excluding carboxylic acids is 1. The van der Waals surface area contributed by atoms with Gasteiger partial charge in [-0.2, -0.15) is 23.4 Å². The Bertz CT molecular complexity index is 1240. The lowest BCUT2D eigenvalue weighted by Gasteiger charge is -2.13. The second-order valence-corrected chi connectivity index (χ2v) is 6.65. The van der Waals surface area contributed by atoms with Gasteiger partial charge in [-0.3, -0.25) is 9.48 Å². The van der Waals surface area contributed by atoms with E-state index >= 15 is 0 Å². The molecule has 0 aliphatic heterocycles. The van der Waals surface area contributed by atoms with Crippen molar-refractivity contribution in [1.82, 2.24) is 19.6 Å². The summed E-state index contributed by atoms with van der Waals surface area (Å²) in [5.74, 6) is -1.54. The third kappa shape index (κ3) is 4.04. The van der Waals surface area contributed by atoms with Gasteiger partial charge in [0.1, 0.15) is 11.6 Å². The van der Waals surface area contributed by atoms with Gasteiger partial charge in [-0.15, -0.1) is 0 Å². The molecule has 0 radical (unpaired) electrons. The smallest absolute Gasteiger partial charge is 0.307 e. The maximum Gasteiger partial charge on any atom is 0.434 e. The number of carbonyl (C=O) groups is 1. The van der Waals surface area contributed by atoms with E-state index in [9.17, 15) is 22.4 Å². The fourth-order valence-electron chi connectivity index (χ4n) is 3.11. The Labute approximate surface area is 173 Å². The van der Waals surface area contributed by atoms with Gasteiger partial charge in [0.2, 0.25) is 0 Å². The molecule has 158 valence electrons. The average molecular weight is 429 g/mol. The normalized spacial score (nSPS) is 11.5. The fourth-order valence-corrected chi connectivity index (χ4v) is 3.11. The van der Waals surface area contributed by atoms with E-state index in [1.54, 1.807) is 13.1 Å². The van der Waals surface area contributed by atoms with Crippen LogP contribution < -0.4 is 5.32 Å². The van der Waals surface area contributed by atoms with Crippen LogP contribution in [-0.2, 0) is 13.2 Å². The first-order chi connectivity index (χ1) is 14.7. The Morgan fingerprint density at radius 2 is 1.77 bits per heavy atom. The number of nitrogens with one attached hydrogen (secondary N) is 1. The van der Waals surface area contributed by atoms with Crippen molar-refractivity contribution in [3.8, 4) is 16.9 Å². The maximum atomic E-state index is 13.8. The van der Waals surface area contributed by atoms with Gasteiger partial charge >= 0.3 is 6.18 Å². The van der Waals surface area contributed by atoms with Crippen molar-refractivity contribution in [1.29, 1.82) is 0 Å². The number of benzene rings is 2. The molecule has 2 aromatic carbocycles. The minimum Gasteiger partial charge on any atom is -0.307 e. The van der Waals surface area contributed by atoms with E-state index in [0.29, 0.717) is 10.4 Å². The lowest BCUT2D eigenvalue weighted by Crippen LogP contribution is -2.21. The summed E-state index contributed by atoms with van der Waals surface area (Å²) >= 11 is 0. The van der Waals surface area contributed by atoms with Gasteiger partial charge in [0.05, 0.1) is 23.1 Å². The van der Waals surface area contributed by atoms with Crippen molar-refractivity contribution in [3.05, 3.63) is 83.9 Å². The molecule has 2 aromatic heterocycles. The van der Waals surface area contributed by atoms with Crippen molar-refractivity contribution >= 4 is 11.7 Å². The van der Waals surface area contributed by atoms with Gasteiger partial charge in [-0.05, 0) is 18.2 Å². The van der Waals surface area contributed by atoms with Crippen molar-refractivity contribution in [2.45, 2.75) is 6.18 Å². The van der Waals surface area contributed by atoms with Gasteiger partial charge in [0.15, 0.2) is 5.69 Å². The number of rotatable bonds is 4. The highest BCUT2D eigenvalue weighted by molar-refractivity contribution is 6.05. The molecule has 2 heterocycles. The quantitative estimate of drug-likeness (QED) is 0.479. The SMILES string of the molecule is Cn1nc(-c2ccccc2)cc1NC(=O)c1cnn(-c2cccc(F)c2)c1C(F)(F)F. The van der Waals surface area contributed by atoms with E-state index in [4.69, 9.17) is 0 Å². The summed E-state index contributed by atoms with van der Waals surface area (Å²) in [5, 5.41) is 10.4. The van der Waals surface area contributed by atoms with Crippen molar-refractivity contribution in [3.63, 3.8) is 0 Å². The van der Waals surface area contributed by atoms with Crippen LogP contribution in [0.5, 0.6) is 0 Å². The topological polar surface area (TPSA) is 64.7 Å². The Kier molecular flexibility index (Phi) is 5.05. The molecule has 10 heteroatoms. The Morgan fingerprint density at radius 3 is 2.45 bits per heavy atom. The Hall–Kier alpha value is -3.95. The molecule has 0 fully saturated rings. The number of amides is 1. The predicted octanol–water partition coefficient (Wildman–Crippen LogP) is 4.68. The van der Waals surface area contributed by atoms with Crippen molar-refractivity contribution < 1.29 is 22.4 Å².